The topological polar surface area (TPSA) is 74.6 Å². The number of nitrogens with zero attached hydrogens (tertiary/aromatic N) is 1. The van der Waals surface area contributed by atoms with Crippen LogP contribution in [0.3, 0.4) is 0 Å². The van der Waals surface area contributed by atoms with Crippen LogP contribution in [0.1, 0.15) is 54.6 Å². The quantitative estimate of drug-likeness (QED) is 0.786. The lowest BCUT2D eigenvalue weighted by atomic mass is 9.94. The third kappa shape index (κ3) is 5.94. The van der Waals surface area contributed by atoms with E-state index in [4.69, 9.17) is 4.42 Å². The lowest BCUT2D eigenvalue weighted by Crippen LogP contribution is -2.43. The molecule has 0 unspecified atom stereocenters. The summed E-state index contributed by atoms with van der Waals surface area (Å²) in [7, 11) is 0. The first-order chi connectivity index (χ1) is 13.7. The van der Waals surface area contributed by atoms with Crippen molar-refractivity contribution < 1.29 is 14.0 Å². The van der Waals surface area contributed by atoms with Gasteiger partial charge in [-0.2, -0.15) is 0 Å². The van der Waals surface area contributed by atoms with Crippen molar-refractivity contribution in [1.29, 1.82) is 0 Å². The Labute approximate surface area is 172 Å². The SMILES string of the molecule is Cc1ccc(CN2CC[C@@H](NC(=O)CNC(=O)c3ccc(C(C)(C)C)o3)C2)cc1. The number of benzene rings is 1. The second kappa shape index (κ2) is 8.82. The average molecular weight is 398 g/mol. The summed E-state index contributed by atoms with van der Waals surface area (Å²) in [5, 5.41) is 5.65. The molecule has 1 saturated heterocycles. The maximum atomic E-state index is 12.2. The minimum atomic E-state index is -0.372. The van der Waals surface area contributed by atoms with Gasteiger partial charge in [-0.1, -0.05) is 50.6 Å². The molecule has 1 aliphatic rings. The van der Waals surface area contributed by atoms with Crippen LogP contribution in [-0.4, -0.2) is 42.4 Å². The molecule has 1 atom stereocenters. The van der Waals surface area contributed by atoms with Crippen molar-refractivity contribution in [3.8, 4) is 0 Å². The Hall–Kier alpha value is -2.60. The number of amides is 2. The van der Waals surface area contributed by atoms with Gasteiger partial charge in [0.15, 0.2) is 5.76 Å². The van der Waals surface area contributed by atoms with Crippen molar-refractivity contribution in [2.45, 2.75) is 52.1 Å². The van der Waals surface area contributed by atoms with Gasteiger partial charge in [0.05, 0.1) is 6.54 Å². The number of likely N-dealkylation sites (tertiary alicyclic amines) is 1. The molecule has 1 aromatic carbocycles. The fraction of sp³-hybridized carbons (Fsp3) is 0.478. The first kappa shape index (κ1) is 21.1. The summed E-state index contributed by atoms with van der Waals surface area (Å²) in [4.78, 5) is 26.8. The monoisotopic (exact) mass is 397 g/mol. The number of furan rings is 1. The Bertz CT molecular complexity index is 849. The van der Waals surface area contributed by atoms with E-state index in [1.54, 1.807) is 12.1 Å². The van der Waals surface area contributed by atoms with E-state index in [1.165, 1.54) is 11.1 Å². The standard InChI is InChI=1S/C23H31N3O3/c1-16-5-7-17(8-6-16)14-26-12-11-18(15-26)25-21(27)13-24-22(28)19-9-10-20(29-19)23(2,3)4/h5-10,18H,11-15H2,1-4H3,(H,24,28)(H,25,27)/t18-/m1/s1. The number of nitrogens with one attached hydrogen (secondary N) is 2. The normalized spacial score (nSPS) is 17.3. The molecule has 1 aromatic heterocycles. The number of carbonyl (C=O) groups is 2. The highest BCUT2D eigenvalue weighted by Crippen LogP contribution is 2.24. The molecule has 2 aromatic rings. The summed E-state index contributed by atoms with van der Waals surface area (Å²) < 4.78 is 5.60. The molecule has 29 heavy (non-hydrogen) atoms. The van der Waals surface area contributed by atoms with Gasteiger partial charge in [0.1, 0.15) is 5.76 Å². The first-order valence-corrected chi connectivity index (χ1v) is 10.2. The fourth-order valence-electron chi connectivity index (χ4n) is 3.44. The van der Waals surface area contributed by atoms with Crippen LogP contribution in [0.4, 0.5) is 0 Å². The Morgan fingerprint density at radius 2 is 1.86 bits per heavy atom. The number of aryl methyl sites for hydroxylation is 1. The first-order valence-electron chi connectivity index (χ1n) is 10.2. The number of rotatable bonds is 6. The second-order valence-electron chi connectivity index (χ2n) is 8.87. The molecule has 0 bridgehead atoms. The molecular formula is C23H31N3O3. The summed E-state index contributed by atoms with van der Waals surface area (Å²) in [6.45, 7) is 10.7. The van der Waals surface area contributed by atoms with E-state index < -0.39 is 0 Å². The van der Waals surface area contributed by atoms with Crippen LogP contribution in [0.5, 0.6) is 0 Å². The molecule has 156 valence electrons. The van der Waals surface area contributed by atoms with Gasteiger partial charge >= 0.3 is 0 Å². The minimum absolute atomic E-state index is 0.0567. The smallest absolute Gasteiger partial charge is 0.287 e. The number of carbonyl (C=O) groups excluding carboxylic acids is 2. The molecule has 0 aliphatic carbocycles. The minimum Gasteiger partial charge on any atom is -0.455 e. The highest BCUT2D eigenvalue weighted by molar-refractivity contribution is 5.94. The molecule has 2 amide bonds. The van der Waals surface area contributed by atoms with Crippen LogP contribution in [0.25, 0.3) is 0 Å². The zero-order chi connectivity index (χ0) is 21.0. The zero-order valence-corrected chi connectivity index (χ0v) is 17.7. The summed E-state index contributed by atoms with van der Waals surface area (Å²) in [5.41, 5.74) is 2.37. The molecule has 2 heterocycles. The summed E-state index contributed by atoms with van der Waals surface area (Å²) >= 11 is 0. The van der Waals surface area contributed by atoms with E-state index in [-0.39, 0.29) is 35.6 Å². The Balaban J connectivity index is 1.41. The van der Waals surface area contributed by atoms with E-state index in [2.05, 4.69) is 46.7 Å². The largest absolute Gasteiger partial charge is 0.455 e. The Morgan fingerprint density at radius 1 is 1.14 bits per heavy atom. The average Bonchev–Trinajstić information content (AvgIpc) is 3.31. The van der Waals surface area contributed by atoms with Crippen molar-refractivity contribution >= 4 is 11.8 Å². The lowest BCUT2D eigenvalue weighted by molar-refractivity contribution is -0.120. The van der Waals surface area contributed by atoms with E-state index in [0.717, 1.165) is 31.8 Å². The van der Waals surface area contributed by atoms with Crippen LogP contribution in [-0.2, 0) is 16.8 Å². The van der Waals surface area contributed by atoms with E-state index >= 15 is 0 Å². The van der Waals surface area contributed by atoms with Gasteiger partial charge in [0.25, 0.3) is 5.91 Å². The van der Waals surface area contributed by atoms with Crippen molar-refractivity contribution in [3.63, 3.8) is 0 Å². The molecule has 2 N–H and O–H groups in total. The van der Waals surface area contributed by atoms with Gasteiger partial charge in [0, 0.05) is 31.1 Å². The predicted molar refractivity (Wildman–Crippen MR) is 113 cm³/mol. The van der Waals surface area contributed by atoms with Crippen molar-refractivity contribution in [2.24, 2.45) is 0 Å². The van der Waals surface area contributed by atoms with Gasteiger partial charge in [-0.3, -0.25) is 14.5 Å². The summed E-state index contributed by atoms with van der Waals surface area (Å²) in [5.74, 6) is 0.422. The molecule has 3 rings (SSSR count). The molecule has 1 aliphatic heterocycles. The molecule has 0 radical (unpaired) electrons. The Kier molecular flexibility index (Phi) is 6.42. The van der Waals surface area contributed by atoms with E-state index in [9.17, 15) is 9.59 Å². The van der Waals surface area contributed by atoms with Crippen LogP contribution in [0, 0.1) is 6.92 Å². The maximum Gasteiger partial charge on any atom is 0.287 e. The van der Waals surface area contributed by atoms with Gasteiger partial charge in [-0.25, -0.2) is 0 Å². The molecule has 0 spiro atoms. The molecule has 0 saturated carbocycles. The van der Waals surface area contributed by atoms with Gasteiger partial charge < -0.3 is 15.1 Å². The highest BCUT2D eigenvalue weighted by Gasteiger charge is 2.24. The second-order valence-corrected chi connectivity index (χ2v) is 8.87. The van der Waals surface area contributed by atoms with Crippen LogP contribution in [0.2, 0.25) is 0 Å². The Morgan fingerprint density at radius 3 is 2.52 bits per heavy atom. The van der Waals surface area contributed by atoms with Crippen molar-refractivity contribution in [3.05, 3.63) is 59.0 Å². The molecule has 6 nitrogen and oxygen atoms in total. The molecular weight excluding hydrogens is 366 g/mol. The number of hydrogen-bond donors (Lipinski definition) is 2. The lowest BCUT2D eigenvalue weighted by Gasteiger charge is -2.17. The van der Waals surface area contributed by atoms with Crippen molar-refractivity contribution in [2.75, 3.05) is 19.6 Å². The molecule has 6 heteroatoms. The van der Waals surface area contributed by atoms with E-state index in [1.807, 2.05) is 20.8 Å². The van der Waals surface area contributed by atoms with Crippen LogP contribution >= 0.6 is 0 Å². The predicted octanol–water partition coefficient (Wildman–Crippen LogP) is 3.01. The van der Waals surface area contributed by atoms with Crippen LogP contribution in [0.15, 0.2) is 40.8 Å². The zero-order valence-electron chi connectivity index (χ0n) is 17.7. The highest BCUT2D eigenvalue weighted by atomic mass is 16.4. The maximum absolute atomic E-state index is 12.2. The fourth-order valence-corrected chi connectivity index (χ4v) is 3.44. The third-order valence-electron chi connectivity index (χ3n) is 5.14. The summed E-state index contributed by atoms with van der Waals surface area (Å²) in [6.07, 6.45) is 0.915. The third-order valence-corrected chi connectivity index (χ3v) is 5.14. The summed E-state index contributed by atoms with van der Waals surface area (Å²) in [6, 6.07) is 12.1. The van der Waals surface area contributed by atoms with Gasteiger partial charge in [-0.05, 0) is 31.0 Å². The van der Waals surface area contributed by atoms with Gasteiger partial charge in [0.2, 0.25) is 5.91 Å². The van der Waals surface area contributed by atoms with Gasteiger partial charge in [-0.15, -0.1) is 0 Å². The van der Waals surface area contributed by atoms with E-state index in [0.29, 0.717) is 0 Å². The van der Waals surface area contributed by atoms with Crippen molar-refractivity contribution in [1.82, 2.24) is 15.5 Å². The number of hydrogen-bond acceptors (Lipinski definition) is 4. The van der Waals surface area contributed by atoms with Crippen LogP contribution < -0.4 is 10.6 Å². The molecule has 1 fully saturated rings.